The summed E-state index contributed by atoms with van der Waals surface area (Å²) in [5.41, 5.74) is 6.20. The summed E-state index contributed by atoms with van der Waals surface area (Å²) in [6, 6.07) is 0. The Kier molecular flexibility index (Phi) is 4.72. The van der Waals surface area contributed by atoms with Crippen molar-refractivity contribution in [3.05, 3.63) is 11.7 Å². The van der Waals surface area contributed by atoms with E-state index in [4.69, 9.17) is 15.0 Å². The molecule has 0 saturated heterocycles. The molecule has 5 nitrogen and oxygen atoms in total. The van der Waals surface area contributed by atoms with Gasteiger partial charge in [0.1, 0.15) is 6.61 Å². The van der Waals surface area contributed by atoms with E-state index in [1.54, 1.807) is 0 Å². The fourth-order valence-electron chi connectivity index (χ4n) is 2.41. The van der Waals surface area contributed by atoms with Gasteiger partial charge in [-0.1, -0.05) is 37.8 Å². The van der Waals surface area contributed by atoms with Crippen LogP contribution in [0.15, 0.2) is 4.52 Å². The van der Waals surface area contributed by atoms with Crippen molar-refractivity contribution in [2.45, 2.75) is 64.0 Å². The van der Waals surface area contributed by atoms with Gasteiger partial charge in [-0.05, 0) is 12.8 Å². The molecule has 1 aromatic rings. The molecule has 0 atom stereocenters. The highest BCUT2D eigenvalue weighted by atomic mass is 16.5. The van der Waals surface area contributed by atoms with Crippen molar-refractivity contribution >= 4 is 0 Å². The van der Waals surface area contributed by atoms with E-state index in [1.807, 2.05) is 6.92 Å². The molecular weight excluding hydrogens is 230 g/mol. The molecule has 0 aliphatic heterocycles. The second kappa shape index (κ2) is 6.29. The summed E-state index contributed by atoms with van der Waals surface area (Å²) in [6.07, 6.45) is 7.89. The lowest BCUT2D eigenvalue weighted by atomic mass is 9.93. The van der Waals surface area contributed by atoms with Crippen molar-refractivity contribution < 1.29 is 9.26 Å². The Morgan fingerprint density at radius 3 is 2.61 bits per heavy atom. The Bertz CT molecular complexity index is 357. The minimum Gasteiger partial charge on any atom is -0.370 e. The topological polar surface area (TPSA) is 74.2 Å². The summed E-state index contributed by atoms with van der Waals surface area (Å²) in [5, 5.41) is 3.84. The van der Waals surface area contributed by atoms with Gasteiger partial charge in [-0.2, -0.15) is 4.98 Å². The van der Waals surface area contributed by atoms with Crippen molar-refractivity contribution in [2.24, 2.45) is 5.73 Å². The number of hydrogen-bond acceptors (Lipinski definition) is 5. The summed E-state index contributed by atoms with van der Waals surface area (Å²) in [5.74, 6) is 1.27. The molecule has 1 heterocycles. The molecule has 102 valence electrons. The summed E-state index contributed by atoms with van der Waals surface area (Å²) in [6.45, 7) is 2.94. The second-order valence-corrected chi connectivity index (χ2v) is 5.23. The number of ether oxygens (including phenoxy) is 1. The molecule has 1 aliphatic rings. The van der Waals surface area contributed by atoms with E-state index >= 15 is 0 Å². The van der Waals surface area contributed by atoms with Gasteiger partial charge in [0.2, 0.25) is 0 Å². The van der Waals surface area contributed by atoms with Gasteiger partial charge in [-0.3, -0.25) is 0 Å². The van der Waals surface area contributed by atoms with E-state index in [0.29, 0.717) is 19.1 Å². The molecule has 0 aromatic carbocycles. The van der Waals surface area contributed by atoms with Gasteiger partial charge in [0, 0.05) is 12.0 Å². The molecule has 1 aromatic heterocycles. The average Bonchev–Trinajstić information content (AvgIpc) is 2.71. The smallest absolute Gasteiger partial charge is 0.252 e. The van der Waals surface area contributed by atoms with Crippen LogP contribution in [-0.4, -0.2) is 22.3 Å². The van der Waals surface area contributed by atoms with E-state index in [1.165, 1.54) is 25.7 Å². The van der Waals surface area contributed by atoms with Crippen molar-refractivity contribution in [3.63, 3.8) is 0 Å². The molecule has 1 saturated carbocycles. The summed E-state index contributed by atoms with van der Waals surface area (Å²) in [4.78, 5) is 4.21. The molecule has 0 amide bonds. The van der Waals surface area contributed by atoms with Crippen LogP contribution in [0.1, 0.15) is 57.2 Å². The molecule has 5 heteroatoms. The zero-order chi connectivity index (χ0) is 12.8. The maximum atomic E-state index is 6.36. The second-order valence-electron chi connectivity index (χ2n) is 5.23. The van der Waals surface area contributed by atoms with E-state index in [0.717, 1.165) is 25.1 Å². The van der Waals surface area contributed by atoms with E-state index in [9.17, 15) is 0 Å². The Labute approximate surface area is 108 Å². The summed E-state index contributed by atoms with van der Waals surface area (Å²) < 4.78 is 10.7. The van der Waals surface area contributed by atoms with Crippen molar-refractivity contribution in [2.75, 3.05) is 6.61 Å². The lowest BCUT2D eigenvalue weighted by Gasteiger charge is -2.27. The van der Waals surface area contributed by atoms with Gasteiger partial charge in [-0.15, -0.1) is 0 Å². The maximum Gasteiger partial charge on any atom is 0.252 e. The molecular formula is C13H23N3O2. The number of hydrogen-bond donors (Lipinski definition) is 1. The first-order chi connectivity index (χ1) is 8.72. The largest absolute Gasteiger partial charge is 0.370 e. The number of nitrogens with zero attached hydrogens (tertiary/aromatic N) is 2. The van der Waals surface area contributed by atoms with Crippen LogP contribution in [0.5, 0.6) is 0 Å². The first-order valence-electron chi connectivity index (χ1n) is 6.90. The third kappa shape index (κ3) is 3.78. The predicted octanol–water partition coefficient (Wildman–Crippen LogP) is 2.20. The van der Waals surface area contributed by atoms with Crippen LogP contribution in [0.3, 0.4) is 0 Å². The number of rotatable bonds is 5. The molecule has 0 spiro atoms. The van der Waals surface area contributed by atoms with Crippen LogP contribution in [0.25, 0.3) is 0 Å². The molecule has 1 fully saturated rings. The van der Waals surface area contributed by atoms with Gasteiger partial charge in [-0.25, -0.2) is 0 Å². The standard InChI is InChI=1S/C13H23N3O2/c1-2-11-15-12(18-16-11)9-17-10-13(14)7-5-3-4-6-8-13/h2-10,14H2,1H3. The van der Waals surface area contributed by atoms with Crippen LogP contribution in [0.2, 0.25) is 0 Å². The van der Waals surface area contributed by atoms with E-state index < -0.39 is 0 Å². The number of aryl methyl sites for hydroxylation is 1. The molecule has 0 radical (unpaired) electrons. The normalized spacial score (nSPS) is 19.7. The highest BCUT2D eigenvalue weighted by Gasteiger charge is 2.26. The monoisotopic (exact) mass is 253 g/mol. The first-order valence-corrected chi connectivity index (χ1v) is 6.90. The predicted molar refractivity (Wildman–Crippen MR) is 68.0 cm³/mol. The van der Waals surface area contributed by atoms with Crippen molar-refractivity contribution in [1.82, 2.24) is 10.1 Å². The van der Waals surface area contributed by atoms with Crippen molar-refractivity contribution in [1.29, 1.82) is 0 Å². The number of nitrogens with two attached hydrogens (primary N) is 1. The lowest BCUT2D eigenvalue weighted by Crippen LogP contribution is -2.43. The highest BCUT2D eigenvalue weighted by Crippen LogP contribution is 2.25. The zero-order valence-electron chi connectivity index (χ0n) is 11.2. The molecule has 1 aliphatic carbocycles. The van der Waals surface area contributed by atoms with Gasteiger partial charge >= 0.3 is 0 Å². The maximum absolute atomic E-state index is 6.36. The van der Waals surface area contributed by atoms with Crippen LogP contribution in [0.4, 0.5) is 0 Å². The fourth-order valence-corrected chi connectivity index (χ4v) is 2.41. The Morgan fingerprint density at radius 2 is 2.00 bits per heavy atom. The van der Waals surface area contributed by atoms with Gasteiger partial charge in [0.25, 0.3) is 5.89 Å². The highest BCUT2D eigenvalue weighted by molar-refractivity contribution is 4.87. The van der Waals surface area contributed by atoms with Gasteiger partial charge in [0.15, 0.2) is 5.82 Å². The van der Waals surface area contributed by atoms with Gasteiger partial charge in [0.05, 0.1) is 6.61 Å². The Morgan fingerprint density at radius 1 is 1.28 bits per heavy atom. The molecule has 0 unspecified atom stereocenters. The SMILES string of the molecule is CCc1noc(COCC2(N)CCCCCC2)n1. The van der Waals surface area contributed by atoms with Gasteiger partial charge < -0.3 is 15.0 Å². The Hall–Kier alpha value is -0.940. The minimum atomic E-state index is -0.163. The molecule has 2 N–H and O–H groups in total. The van der Waals surface area contributed by atoms with E-state index in [-0.39, 0.29) is 5.54 Å². The zero-order valence-corrected chi connectivity index (χ0v) is 11.2. The van der Waals surface area contributed by atoms with Crippen molar-refractivity contribution in [3.8, 4) is 0 Å². The quantitative estimate of drug-likeness (QED) is 0.814. The Balaban J connectivity index is 1.76. The average molecular weight is 253 g/mol. The lowest BCUT2D eigenvalue weighted by molar-refractivity contribution is 0.0517. The third-order valence-electron chi connectivity index (χ3n) is 3.54. The van der Waals surface area contributed by atoms with Crippen LogP contribution < -0.4 is 5.73 Å². The first kappa shape index (κ1) is 13.5. The fraction of sp³-hybridized carbons (Fsp3) is 0.846. The van der Waals surface area contributed by atoms with Crippen LogP contribution in [0, 0.1) is 0 Å². The third-order valence-corrected chi connectivity index (χ3v) is 3.54. The molecule has 2 rings (SSSR count). The van der Waals surface area contributed by atoms with Crippen LogP contribution >= 0.6 is 0 Å². The molecule has 18 heavy (non-hydrogen) atoms. The summed E-state index contributed by atoms with van der Waals surface area (Å²) >= 11 is 0. The molecule has 0 bridgehead atoms. The van der Waals surface area contributed by atoms with Crippen LogP contribution in [-0.2, 0) is 17.8 Å². The number of aromatic nitrogens is 2. The van der Waals surface area contributed by atoms with E-state index in [2.05, 4.69) is 10.1 Å². The summed E-state index contributed by atoms with van der Waals surface area (Å²) in [7, 11) is 0. The minimum absolute atomic E-state index is 0.163.